The van der Waals surface area contributed by atoms with Crippen molar-refractivity contribution in [3.63, 3.8) is 0 Å². The van der Waals surface area contributed by atoms with Gasteiger partial charge < -0.3 is 14.8 Å². The second-order valence-corrected chi connectivity index (χ2v) is 6.61. The number of nitrogens with one attached hydrogen (secondary N) is 1. The number of carboxylic acids is 1. The molecule has 0 saturated heterocycles. The van der Waals surface area contributed by atoms with Crippen LogP contribution < -0.4 is 5.32 Å². The van der Waals surface area contributed by atoms with E-state index in [0.29, 0.717) is 22.6 Å². The summed E-state index contributed by atoms with van der Waals surface area (Å²) in [4.78, 5) is 23.6. The lowest BCUT2D eigenvalue weighted by Crippen LogP contribution is -2.33. The average molecular weight is 364 g/mol. The van der Waals surface area contributed by atoms with E-state index in [-0.39, 0.29) is 17.2 Å². The number of aromatic carboxylic acids is 1. The van der Waals surface area contributed by atoms with Gasteiger partial charge in [0.05, 0.1) is 5.56 Å². The SMILES string of the molecule is Cc1c(C(=O)O)cccc1-c1ccc(/C=C(\C#N)C(=O)NC2CCCC2)o1. The molecule has 1 aliphatic carbocycles. The highest BCUT2D eigenvalue weighted by atomic mass is 16.4. The first-order chi connectivity index (χ1) is 13.0. The number of hydrogen-bond donors (Lipinski definition) is 2. The molecule has 1 fully saturated rings. The Morgan fingerprint density at radius 2 is 2.00 bits per heavy atom. The summed E-state index contributed by atoms with van der Waals surface area (Å²) in [6.07, 6.45) is 5.47. The normalized spacial score (nSPS) is 14.7. The van der Waals surface area contributed by atoms with E-state index in [1.54, 1.807) is 31.2 Å². The van der Waals surface area contributed by atoms with Crippen LogP contribution in [0.3, 0.4) is 0 Å². The second-order valence-electron chi connectivity index (χ2n) is 6.61. The third kappa shape index (κ3) is 4.09. The maximum absolute atomic E-state index is 12.3. The summed E-state index contributed by atoms with van der Waals surface area (Å²) < 4.78 is 5.74. The summed E-state index contributed by atoms with van der Waals surface area (Å²) in [6, 6.07) is 10.4. The van der Waals surface area contributed by atoms with Gasteiger partial charge in [0.15, 0.2) is 0 Å². The molecule has 138 valence electrons. The van der Waals surface area contributed by atoms with Gasteiger partial charge >= 0.3 is 5.97 Å². The summed E-state index contributed by atoms with van der Waals surface area (Å²) in [5.74, 6) is -0.554. The van der Waals surface area contributed by atoms with E-state index in [9.17, 15) is 20.0 Å². The number of carbonyl (C=O) groups excluding carboxylic acids is 1. The van der Waals surface area contributed by atoms with Crippen LogP contribution in [0, 0.1) is 18.3 Å². The molecule has 1 saturated carbocycles. The number of nitrogens with zero attached hydrogens (tertiary/aromatic N) is 1. The van der Waals surface area contributed by atoms with Crippen molar-refractivity contribution in [2.75, 3.05) is 0 Å². The van der Waals surface area contributed by atoms with Crippen molar-refractivity contribution in [1.82, 2.24) is 5.32 Å². The fraction of sp³-hybridized carbons (Fsp3) is 0.286. The van der Waals surface area contributed by atoms with Crippen LogP contribution in [0.25, 0.3) is 17.4 Å². The van der Waals surface area contributed by atoms with Gasteiger partial charge in [-0.3, -0.25) is 4.79 Å². The van der Waals surface area contributed by atoms with Crippen LogP contribution in [0.5, 0.6) is 0 Å². The zero-order valence-electron chi connectivity index (χ0n) is 15.0. The molecule has 1 aliphatic rings. The van der Waals surface area contributed by atoms with Crippen molar-refractivity contribution in [3.8, 4) is 17.4 Å². The Kier molecular flexibility index (Phi) is 5.41. The summed E-state index contributed by atoms with van der Waals surface area (Å²) >= 11 is 0. The zero-order valence-corrected chi connectivity index (χ0v) is 15.0. The van der Waals surface area contributed by atoms with E-state index < -0.39 is 11.9 Å². The van der Waals surface area contributed by atoms with Crippen molar-refractivity contribution in [1.29, 1.82) is 5.26 Å². The molecule has 6 nitrogen and oxygen atoms in total. The molecule has 0 bridgehead atoms. The Hall–Kier alpha value is -3.33. The minimum Gasteiger partial charge on any atom is -0.478 e. The van der Waals surface area contributed by atoms with Gasteiger partial charge in [-0.1, -0.05) is 25.0 Å². The molecule has 1 heterocycles. The largest absolute Gasteiger partial charge is 0.478 e. The predicted molar refractivity (Wildman–Crippen MR) is 99.8 cm³/mol. The van der Waals surface area contributed by atoms with Crippen LogP contribution in [-0.2, 0) is 4.79 Å². The first-order valence-corrected chi connectivity index (χ1v) is 8.85. The van der Waals surface area contributed by atoms with Gasteiger partial charge in [-0.25, -0.2) is 4.79 Å². The highest BCUT2D eigenvalue weighted by Crippen LogP contribution is 2.28. The molecule has 0 unspecified atom stereocenters. The Balaban J connectivity index is 1.83. The Labute approximate surface area is 157 Å². The van der Waals surface area contributed by atoms with E-state index in [0.717, 1.165) is 25.7 Å². The average Bonchev–Trinajstić information content (AvgIpc) is 3.31. The molecule has 0 spiro atoms. The molecule has 1 aromatic carbocycles. The van der Waals surface area contributed by atoms with Gasteiger partial charge in [0.25, 0.3) is 5.91 Å². The molecule has 0 radical (unpaired) electrons. The molecule has 0 atom stereocenters. The molecule has 1 aromatic heterocycles. The van der Waals surface area contributed by atoms with Gasteiger partial charge in [-0.2, -0.15) is 5.26 Å². The number of furan rings is 1. The third-order valence-corrected chi connectivity index (χ3v) is 4.80. The lowest BCUT2D eigenvalue weighted by atomic mass is 10.0. The van der Waals surface area contributed by atoms with Crippen molar-refractivity contribution in [3.05, 3.63) is 52.8 Å². The summed E-state index contributed by atoms with van der Waals surface area (Å²) in [6.45, 7) is 1.71. The second kappa shape index (κ2) is 7.92. The molecule has 0 aliphatic heterocycles. The fourth-order valence-electron chi connectivity index (χ4n) is 3.33. The van der Waals surface area contributed by atoms with Gasteiger partial charge in [0, 0.05) is 17.7 Å². The Morgan fingerprint density at radius 3 is 2.67 bits per heavy atom. The molecular weight excluding hydrogens is 344 g/mol. The lowest BCUT2D eigenvalue weighted by Gasteiger charge is -2.10. The van der Waals surface area contributed by atoms with Gasteiger partial charge in [-0.05, 0) is 43.5 Å². The number of amides is 1. The Morgan fingerprint density at radius 1 is 1.26 bits per heavy atom. The third-order valence-electron chi connectivity index (χ3n) is 4.80. The molecule has 1 amide bonds. The standard InChI is InChI=1S/C21H20N2O4/c1-13-17(7-4-8-18(13)21(25)26)19-10-9-16(27-19)11-14(12-22)20(24)23-15-5-2-3-6-15/h4,7-11,15H,2-3,5-6H2,1H3,(H,23,24)(H,25,26)/b14-11+. The molecular formula is C21H20N2O4. The zero-order chi connectivity index (χ0) is 19.4. The number of carboxylic acid groups (broad SMARTS) is 1. The quantitative estimate of drug-likeness (QED) is 0.618. The van der Waals surface area contributed by atoms with Crippen molar-refractivity contribution >= 4 is 18.0 Å². The van der Waals surface area contributed by atoms with Gasteiger partial charge in [0.1, 0.15) is 23.2 Å². The highest BCUT2D eigenvalue weighted by molar-refractivity contribution is 6.01. The van der Waals surface area contributed by atoms with E-state index in [4.69, 9.17) is 4.42 Å². The maximum atomic E-state index is 12.3. The van der Waals surface area contributed by atoms with Crippen molar-refractivity contribution < 1.29 is 19.1 Å². The first kappa shape index (κ1) is 18.5. The van der Waals surface area contributed by atoms with Crippen LogP contribution >= 0.6 is 0 Å². The molecule has 2 N–H and O–H groups in total. The van der Waals surface area contributed by atoms with Crippen LogP contribution in [0.15, 0.2) is 40.3 Å². The molecule has 6 heteroatoms. The minimum atomic E-state index is -1.00. The van der Waals surface area contributed by atoms with Crippen LogP contribution in [0.4, 0.5) is 0 Å². The number of carbonyl (C=O) groups is 2. The first-order valence-electron chi connectivity index (χ1n) is 8.85. The molecule has 27 heavy (non-hydrogen) atoms. The summed E-state index contributed by atoms with van der Waals surface area (Å²) in [5, 5.41) is 21.4. The monoisotopic (exact) mass is 364 g/mol. The van der Waals surface area contributed by atoms with Crippen LogP contribution in [-0.4, -0.2) is 23.0 Å². The number of nitriles is 1. The fourth-order valence-corrected chi connectivity index (χ4v) is 3.33. The van der Waals surface area contributed by atoms with Crippen molar-refractivity contribution in [2.24, 2.45) is 0 Å². The van der Waals surface area contributed by atoms with Gasteiger partial charge in [-0.15, -0.1) is 0 Å². The highest BCUT2D eigenvalue weighted by Gasteiger charge is 2.20. The minimum absolute atomic E-state index is 0.0150. The number of rotatable bonds is 5. The van der Waals surface area contributed by atoms with Gasteiger partial charge in [0.2, 0.25) is 0 Å². The maximum Gasteiger partial charge on any atom is 0.335 e. The van der Waals surface area contributed by atoms with E-state index in [1.165, 1.54) is 12.1 Å². The van der Waals surface area contributed by atoms with Crippen molar-refractivity contribution in [2.45, 2.75) is 38.6 Å². The van der Waals surface area contributed by atoms with E-state index >= 15 is 0 Å². The van der Waals surface area contributed by atoms with Crippen LogP contribution in [0.1, 0.15) is 47.4 Å². The molecule has 2 aromatic rings. The van der Waals surface area contributed by atoms with Crippen LogP contribution in [0.2, 0.25) is 0 Å². The number of benzene rings is 1. The smallest absolute Gasteiger partial charge is 0.335 e. The topological polar surface area (TPSA) is 103 Å². The lowest BCUT2D eigenvalue weighted by molar-refractivity contribution is -0.117. The summed E-state index contributed by atoms with van der Waals surface area (Å²) in [5.41, 5.74) is 1.44. The van der Waals surface area contributed by atoms with E-state index in [1.807, 2.05) is 6.07 Å². The Bertz CT molecular complexity index is 943. The predicted octanol–water partition coefficient (Wildman–Crippen LogP) is 3.92. The number of hydrogen-bond acceptors (Lipinski definition) is 4. The van der Waals surface area contributed by atoms with E-state index in [2.05, 4.69) is 5.32 Å². The molecule has 3 rings (SSSR count). The summed E-state index contributed by atoms with van der Waals surface area (Å²) in [7, 11) is 0.